The number of rotatable bonds is 8. The molecule has 0 bridgehead atoms. The van der Waals surface area contributed by atoms with Gasteiger partial charge in [0.15, 0.2) is 5.78 Å². The largest absolute Gasteiger partial charge is 0.508 e. The van der Waals surface area contributed by atoms with Gasteiger partial charge in [-0.25, -0.2) is 0 Å². The Balaban J connectivity index is 1.36. The predicted octanol–water partition coefficient (Wildman–Crippen LogP) is 10.3. The van der Waals surface area contributed by atoms with Crippen molar-refractivity contribution in [3.05, 3.63) is 116 Å². The van der Waals surface area contributed by atoms with Gasteiger partial charge in [0.25, 0.3) is 0 Å². The lowest BCUT2D eigenvalue weighted by atomic mass is 9.90. The average molecular weight is 668 g/mol. The second-order valence-electron chi connectivity index (χ2n) is 11.8. The highest BCUT2D eigenvalue weighted by Crippen LogP contribution is 2.41. The highest BCUT2D eigenvalue weighted by atomic mass is 35.5. The number of phenolic OH excluding ortho intramolecular Hbond substituents is 1. The van der Waals surface area contributed by atoms with E-state index in [9.17, 15) is 9.90 Å². The van der Waals surface area contributed by atoms with E-state index in [4.69, 9.17) is 46.4 Å². The van der Waals surface area contributed by atoms with Crippen LogP contribution in [0.15, 0.2) is 78.9 Å². The van der Waals surface area contributed by atoms with Crippen LogP contribution in [0.25, 0.3) is 11.1 Å². The Hall–Kier alpha value is -2.73. The van der Waals surface area contributed by atoms with Crippen molar-refractivity contribution in [1.29, 1.82) is 0 Å². The first-order chi connectivity index (χ1) is 21.3. The maximum absolute atomic E-state index is 13.4. The highest BCUT2D eigenvalue weighted by molar-refractivity contribution is 6.43. The van der Waals surface area contributed by atoms with Crippen molar-refractivity contribution in [3.8, 4) is 16.9 Å². The summed E-state index contributed by atoms with van der Waals surface area (Å²) in [6, 6.07) is 24.4. The normalized spacial score (nSPS) is 16.8. The molecule has 1 saturated carbocycles. The van der Waals surface area contributed by atoms with Crippen molar-refractivity contribution in [2.75, 3.05) is 31.1 Å². The summed E-state index contributed by atoms with van der Waals surface area (Å²) in [4.78, 5) is 18.0. The van der Waals surface area contributed by atoms with E-state index in [1.165, 1.54) is 12.8 Å². The minimum atomic E-state index is -0.294. The molecular formula is C36H34Cl4N2O2. The fourth-order valence-electron chi connectivity index (χ4n) is 6.69. The molecule has 44 heavy (non-hydrogen) atoms. The number of benzene rings is 4. The average Bonchev–Trinajstić information content (AvgIpc) is 3.53. The van der Waals surface area contributed by atoms with Crippen molar-refractivity contribution >= 4 is 57.9 Å². The third-order valence-corrected chi connectivity index (χ3v) is 10.3. The van der Waals surface area contributed by atoms with E-state index < -0.39 is 0 Å². The molecule has 0 radical (unpaired) electrons. The molecule has 0 spiro atoms. The first kappa shape index (κ1) is 31.3. The van der Waals surface area contributed by atoms with Crippen LogP contribution in [0.2, 0.25) is 20.1 Å². The number of aromatic hydroxyl groups is 1. The number of nitrogens with zero attached hydrogens (tertiary/aromatic N) is 2. The van der Waals surface area contributed by atoms with Gasteiger partial charge in [-0.05, 0) is 59.5 Å². The summed E-state index contributed by atoms with van der Waals surface area (Å²) in [5, 5.41) is 13.5. The lowest BCUT2D eigenvalue weighted by molar-refractivity contribution is 0.0962. The zero-order valence-electron chi connectivity index (χ0n) is 24.3. The summed E-state index contributed by atoms with van der Waals surface area (Å²) in [5.41, 5.74) is 5.06. The van der Waals surface area contributed by atoms with E-state index in [0.29, 0.717) is 45.5 Å². The number of phenols is 1. The summed E-state index contributed by atoms with van der Waals surface area (Å²) < 4.78 is 0. The smallest absolute Gasteiger partial charge is 0.163 e. The van der Waals surface area contributed by atoms with E-state index in [-0.39, 0.29) is 17.6 Å². The zero-order chi connectivity index (χ0) is 30.8. The van der Waals surface area contributed by atoms with Crippen LogP contribution >= 0.6 is 46.4 Å². The lowest BCUT2D eigenvalue weighted by Gasteiger charge is -2.41. The van der Waals surface area contributed by atoms with Gasteiger partial charge in [0.1, 0.15) is 5.75 Å². The number of carbonyl (C=O) groups is 1. The lowest BCUT2D eigenvalue weighted by Crippen LogP contribution is -2.48. The molecule has 1 unspecified atom stereocenters. The quantitative estimate of drug-likeness (QED) is 0.190. The molecule has 1 heterocycles. The van der Waals surface area contributed by atoms with Gasteiger partial charge in [0, 0.05) is 59.3 Å². The van der Waals surface area contributed by atoms with Crippen LogP contribution in [-0.2, 0) is 0 Å². The monoisotopic (exact) mass is 666 g/mol. The molecule has 8 heteroatoms. The Kier molecular flexibility index (Phi) is 9.75. The summed E-state index contributed by atoms with van der Waals surface area (Å²) >= 11 is 25.7. The first-order valence-corrected chi connectivity index (χ1v) is 16.6. The van der Waals surface area contributed by atoms with Crippen LogP contribution in [0.5, 0.6) is 5.75 Å². The minimum absolute atomic E-state index is 0.184. The third kappa shape index (κ3) is 6.76. The van der Waals surface area contributed by atoms with E-state index >= 15 is 0 Å². The number of hydrogen-bond acceptors (Lipinski definition) is 4. The number of Topliss-reactive ketones (excluding diaryl/α,β-unsaturated/α-hetero) is 1. The first-order valence-electron chi connectivity index (χ1n) is 15.1. The number of ketones is 1. The number of hydrogen-bond donors (Lipinski definition) is 1. The standard InChI is InChI=1S/C36H34Cl4N2O2/c37-27-12-13-28(31(39)22-27)24-11-14-33(43)29(21-24)36(26-8-3-7-25(20-26)34(44)19-23-5-1-2-6-23)42-17-15-41(16-18-42)32-10-4-9-30(38)35(32)40/h3-4,7-14,20-23,36,43H,1-2,5-6,15-19H2. The molecule has 0 amide bonds. The highest BCUT2D eigenvalue weighted by Gasteiger charge is 2.30. The van der Waals surface area contributed by atoms with Gasteiger partial charge in [0.2, 0.25) is 0 Å². The second kappa shape index (κ2) is 13.7. The van der Waals surface area contributed by atoms with Crippen molar-refractivity contribution in [2.24, 2.45) is 5.92 Å². The summed E-state index contributed by atoms with van der Waals surface area (Å²) in [7, 11) is 0. The molecule has 6 rings (SSSR count). The van der Waals surface area contributed by atoms with Gasteiger partial charge in [0.05, 0.1) is 21.8 Å². The molecule has 1 aliphatic carbocycles. The predicted molar refractivity (Wildman–Crippen MR) is 183 cm³/mol. The Bertz CT molecular complexity index is 1660. The van der Waals surface area contributed by atoms with Gasteiger partial charge >= 0.3 is 0 Å². The number of piperazine rings is 1. The van der Waals surface area contributed by atoms with Crippen LogP contribution < -0.4 is 4.90 Å². The Morgan fingerprint density at radius 2 is 1.57 bits per heavy atom. The van der Waals surface area contributed by atoms with Crippen LogP contribution in [0.1, 0.15) is 59.6 Å². The van der Waals surface area contributed by atoms with E-state index in [1.807, 2.05) is 54.6 Å². The van der Waals surface area contributed by atoms with Crippen molar-refractivity contribution in [3.63, 3.8) is 0 Å². The molecule has 4 nitrogen and oxygen atoms in total. The Morgan fingerprint density at radius 1 is 0.818 bits per heavy atom. The van der Waals surface area contributed by atoms with Crippen LogP contribution in [0.4, 0.5) is 5.69 Å². The number of carbonyl (C=O) groups excluding carboxylic acids is 1. The topological polar surface area (TPSA) is 43.8 Å². The summed E-state index contributed by atoms with van der Waals surface area (Å²) in [5.74, 6) is 0.842. The molecule has 4 aromatic rings. The molecule has 1 saturated heterocycles. The molecule has 4 aromatic carbocycles. The van der Waals surface area contributed by atoms with Gasteiger partial charge in [-0.1, -0.05) is 108 Å². The second-order valence-corrected chi connectivity index (χ2v) is 13.4. The minimum Gasteiger partial charge on any atom is -0.508 e. The molecule has 1 aliphatic heterocycles. The molecule has 1 N–H and O–H groups in total. The van der Waals surface area contributed by atoms with Crippen molar-refractivity contribution < 1.29 is 9.90 Å². The van der Waals surface area contributed by atoms with Crippen molar-refractivity contribution in [2.45, 2.75) is 38.1 Å². The van der Waals surface area contributed by atoms with Gasteiger partial charge in [-0.15, -0.1) is 0 Å². The fourth-order valence-corrected chi connectivity index (χ4v) is 7.62. The van der Waals surface area contributed by atoms with Gasteiger partial charge in [-0.2, -0.15) is 0 Å². The Morgan fingerprint density at radius 3 is 2.32 bits per heavy atom. The fraction of sp³-hybridized carbons (Fsp3) is 0.306. The molecule has 0 aromatic heterocycles. The maximum Gasteiger partial charge on any atom is 0.163 e. The van der Waals surface area contributed by atoms with Crippen LogP contribution in [0.3, 0.4) is 0 Å². The maximum atomic E-state index is 13.4. The Labute approximate surface area is 279 Å². The number of anilines is 1. The van der Waals surface area contributed by atoms with Crippen LogP contribution in [0, 0.1) is 5.92 Å². The molecule has 1 atom stereocenters. The molecular weight excluding hydrogens is 634 g/mol. The zero-order valence-corrected chi connectivity index (χ0v) is 27.3. The SMILES string of the molecule is O=C(CC1CCCC1)c1cccc(C(c2cc(-c3ccc(Cl)cc3Cl)ccc2O)N2CCN(c3cccc(Cl)c3Cl)CC2)c1. The molecule has 2 fully saturated rings. The van der Waals surface area contributed by atoms with E-state index in [0.717, 1.165) is 59.4 Å². The van der Waals surface area contributed by atoms with E-state index in [1.54, 1.807) is 18.2 Å². The third-order valence-electron chi connectivity index (χ3n) is 8.99. The summed E-state index contributed by atoms with van der Waals surface area (Å²) in [6.07, 6.45) is 5.26. The number of halogens is 4. The van der Waals surface area contributed by atoms with Crippen LogP contribution in [-0.4, -0.2) is 42.0 Å². The van der Waals surface area contributed by atoms with Gasteiger partial charge < -0.3 is 10.0 Å². The van der Waals surface area contributed by atoms with Crippen molar-refractivity contribution in [1.82, 2.24) is 4.90 Å². The molecule has 228 valence electrons. The molecule has 2 aliphatic rings. The summed E-state index contributed by atoms with van der Waals surface area (Å²) in [6.45, 7) is 2.86. The van der Waals surface area contributed by atoms with Gasteiger partial charge in [-0.3, -0.25) is 9.69 Å². The van der Waals surface area contributed by atoms with E-state index in [2.05, 4.69) is 15.9 Å².